The highest BCUT2D eigenvalue weighted by atomic mass is 19.4. The summed E-state index contributed by atoms with van der Waals surface area (Å²) in [6, 6.07) is 5.18. The lowest BCUT2D eigenvalue weighted by Crippen LogP contribution is -2.42. The third-order valence-electron chi connectivity index (χ3n) is 3.57. The van der Waals surface area contributed by atoms with Crippen LogP contribution < -0.4 is 15.4 Å². The fourth-order valence-electron chi connectivity index (χ4n) is 2.44. The van der Waals surface area contributed by atoms with Gasteiger partial charge in [0, 0.05) is 37.0 Å². The van der Waals surface area contributed by atoms with Gasteiger partial charge in [0.1, 0.15) is 0 Å². The number of anilines is 1. The number of hydrogen-bond acceptors (Lipinski definition) is 6. The summed E-state index contributed by atoms with van der Waals surface area (Å²) in [7, 11) is 0. The first kappa shape index (κ1) is 22.5. The van der Waals surface area contributed by atoms with Gasteiger partial charge in [-0.3, -0.25) is 10.1 Å². The summed E-state index contributed by atoms with van der Waals surface area (Å²) >= 11 is 0. The highest BCUT2D eigenvalue weighted by molar-refractivity contribution is 5.73. The van der Waals surface area contributed by atoms with E-state index < -0.39 is 17.1 Å². The predicted octanol–water partition coefficient (Wildman–Crippen LogP) is 2.94. The Morgan fingerprint density at radius 1 is 1.44 bits per heavy atom. The lowest BCUT2D eigenvalue weighted by Gasteiger charge is -2.32. The van der Waals surface area contributed by atoms with E-state index in [0.717, 1.165) is 31.6 Å². The zero-order valence-electron chi connectivity index (χ0n) is 14.9. The molecule has 0 saturated carbocycles. The van der Waals surface area contributed by atoms with E-state index in [0.29, 0.717) is 5.75 Å². The molecule has 1 aromatic rings. The molecule has 152 valence electrons. The van der Waals surface area contributed by atoms with Crippen LogP contribution in [-0.2, 0) is 4.79 Å². The van der Waals surface area contributed by atoms with Gasteiger partial charge in [0.15, 0.2) is 5.75 Å². The van der Waals surface area contributed by atoms with Crippen LogP contribution >= 0.6 is 0 Å². The molecule has 0 bridgehead atoms. The summed E-state index contributed by atoms with van der Waals surface area (Å²) in [6.45, 7) is 5.41. The lowest BCUT2D eigenvalue weighted by atomic mass is 10.1. The maximum absolute atomic E-state index is 11.0. The van der Waals surface area contributed by atoms with Crippen molar-refractivity contribution in [3.05, 3.63) is 28.3 Å². The molecular formula is C16H22F3N3O5. The molecule has 1 fully saturated rings. The van der Waals surface area contributed by atoms with Gasteiger partial charge in [-0.05, 0) is 32.8 Å². The average molecular weight is 393 g/mol. The Kier molecular flexibility index (Phi) is 7.82. The number of alkyl halides is 3. The van der Waals surface area contributed by atoms with E-state index in [1.54, 1.807) is 12.1 Å². The number of nitro benzene ring substituents is 1. The van der Waals surface area contributed by atoms with Crippen molar-refractivity contribution in [3.63, 3.8) is 0 Å². The Morgan fingerprint density at radius 2 is 2.04 bits per heavy atom. The molecule has 1 aliphatic rings. The number of ether oxygens (including phenoxy) is 1. The number of nitrogens with two attached hydrogens (primary N) is 1. The van der Waals surface area contributed by atoms with Crippen molar-refractivity contribution in [2.75, 3.05) is 18.0 Å². The Hall–Kier alpha value is -2.56. The number of halogens is 3. The molecule has 1 aromatic carbocycles. The van der Waals surface area contributed by atoms with Crippen LogP contribution in [-0.4, -0.2) is 47.4 Å². The molecule has 1 aliphatic heterocycles. The number of piperidine rings is 1. The quantitative estimate of drug-likeness (QED) is 0.596. The first-order valence-corrected chi connectivity index (χ1v) is 8.17. The van der Waals surface area contributed by atoms with E-state index >= 15 is 0 Å². The summed E-state index contributed by atoms with van der Waals surface area (Å²) in [5.74, 6) is -2.44. The summed E-state index contributed by atoms with van der Waals surface area (Å²) in [5, 5.41) is 18.2. The van der Waals surface area contributed by atoms with Gasteiger partial charge < -0.3 is 20.5 Å². The van der Waals surface area contributed by atoms with Gasteiger partial charge in [-0.15, -0.1) is 0 Å². The normalized spacial score (nSPS) is 17.1. The van der Waals surface area contributed by atoms with E-state index in [-0.39, 0.29) is 17.8 Å². The molecule has 1 atom stereocenters. The van der Waals surface area contributed by atoms with Crippen molar-refractivity contribution in [2.24, 2.45) is 5.73 Å². The van der Waals surface area contributed by atoms with Crippen molar-refractivity contribution in [3.8, 4) is 5.75 Å². The number of carboxylic acid groups (broad SMARTS) is 1. The van der Waals surface area contributed by atoms with Crippen molar-refractivity contribution in [1.29, 1.82) is 0 Å². The Labute approximate surface area is 153 Å². The summed E-state index contributed by atoms with van der Waals surface area (Å²) in [4.78, 5) is 21.7. The van der Waals surface area contributed by atoms with Crippen LogP contribution in [0.5, 0.6) is 5.75 Å². The van der Waals surface area contributed by atoms with Crippen LogP contribution in [0.3, 0.4) is 0 Å². The fraction of sp³-hybridized carbons (Fsp3) is 0.562. The van der Waals surface area contributed by atoms with Crippen molar-refractivity contribution in [1.82, 2.24) is 0 Å². The molecule has 1 heterocycles. The molecular weight excluding hydrogens is 371 g/mol. The van der Waals surface area contributed by atoms with Gasteiger partial charge in [0.25, 0.3) is 0 Å². The third-order valence-corrected chi connectivity index (χ3v) is 3.57. The highest BCUT2D eigenvalue weighted by Crippen LogP contribution is 2.33. The fourth-order valence-corrected chi connectivity index (χ4v) is 2.44. The highest BCUT2D eigenvalue weighted by Gasteiger charge is 2.38. The van der Waals surface area contributed by atoms with Crippen molar-refractivity contribution in [2.45, 2.75) is 45.0 Å². The monoisotopic (exact) mass is 393 g/mol. The van der Waals surface area contributed by atoms with E-state index in [4.69, 9.17) is 20.4 Å². The molecule has 3 N–H and O–H groups in total. The molecule has 11 heteroatoms. The molecule has 0 amide bonds. The Bertz CT molecular complexity index is 667. The van der Waals surface area contributed by atoms with Crippen molar-refractivity contribution < 1.29 is 32.7 Å². The van der Waals surface area contributed by atoms with E-state index in [1.807, 2.05) is 13.8 Å². The molecule has 8 nitrogen and oxygen atoms in total. The van der Waals surface area contributed by atoms with E-state index in [2.05, 4.69) is 4.90 Å². The Morgan fingerprint density at radius 3 is 2.48 bits per heavy atom. The second-order valence-corrected chi connectivity index (χ2v) is 6.23. The minimum Gasteiger partial charge on any atom is -0.484 e. The summed E-state index contributed by atoms with van der Waals surface area (Å²) in [6.07, 6.45) is -3.12. The zero-order valence-corrected chi connectivity index (χ0v) is 14.9. The molecule has 0 aromatic heterocycles. The lowest BCUT2D eigenvalue weighted by molar-refractivity contribution is -0.386. The summed E-state index contributed by atoms with van der Waals surface area (Å²) in [5.41, 5.74) is 6.91. The number of carbonyl (C=O) groups is 1. The SMILES string of the molecule is CC(C)Oc1cc(N2CCC[C@@H](N)C2)ccc1[N+](=O)[O-].O=C(O)C(F)(F)F. The molecule has 0 radical (unpaired) electrons. The zero-order chi connectivity index (χ0) is 20.8. The molecule has 0 spiro atoms. The molecule has 0 aliphatic carbocycles. The molecule has 27 heavy (non-hydrogen) atoms. The minimum atomic E-state index is -5.08. The number of nitro groups is 1. The third kappa shape index (κ3) is 7.29. The second kappa shape index (κ2) is 9.40. The second-order valence-electron chi connectivity index (χ2n) is 6.23. The van der Waals surface area contributed by atoms with E-state index in [9.17, 15) is 23.3 Å². The van der Waals surface area contributed by atoms with Gasteiger partial charge in [-0.1, -0.05) is 0 Å². The molecule has 2 rings (SSSR count). The number of hydrogen-bond donors (Lipinski definition) is 2. The number of rotatable bonds is 4. The van der Waals surface area contributed by atoms with Crippen LogP contribution in [0.1, 0.15) is 26.7 Å². The van der Waals surface area contributed by atoms with Crippen LogP contribution in [0, 0.1) is 10.1 Å². The van der Waals surface area contributed by atoms with Gasteiger partial charge in [0.05, 0.1) is 11.0 Å². The minimum absolute atomic E-state index is 0.00348. The maximum atomic E-state index is 11.0. The largest absolute Gasteiger partial charge is 0.490 e. The van der Waals surface area contributed by atoms with Crippen LogP contribution in [0.25, 0.3) is 0 Å². The van der Waals surface area contributed by atoms with Crippen LogP contribution in [0.4, 0.5) is 24.5 Å². The topological polar surface area (TPSA) is 119 Å². The summed E-state index contributed by atoms with van der Waals surface area (Å²) < 4.78 is 37.3. The first-order chi connectivity index (χ1) is 12.4. The number of nitrogens with zero attached hydrogens (tertiary/aromatic N) is 2. The number of benzene rings is 1. The maximum Gasteiger partial charge on any atom is 0.490 e. The van der Waals surface area contributed by atoms with E-state index in [1.165, 1.54) is 6.07 Å². The van der Waals surface area contributed by atoms with Crippen LogP contribution in [0.2, 0.25) is 0 Å². The van der Waals surface area contributed by atoms with Crippen LogP contribution in [0.15, 0.2) is 18.2 Å². The Balaban J connectivity index is 0.000000445. The van der Waals surface area contributed by atoms with Gasteiger partial charge in [0.2, 0.25) is 0 Å². The molecule has 0 unspecified atom stereocenters. The number of carboxylic acids is 1. The predicted molar refractivity (Wildman–Crippen MR) is 92.0 cm³/mol. The van der Waals surface area contributed by atoms with Gasteiger partial charge in [-0.2, -0.15) is 13.2 Å². The molecule has 1 saturated heterocycles. The van der Waals surface area contributed by atoms with Crippen molar-refractivity contribution >= 4 is 17.3 Å². The smallest absolute Gasteiger partial charge is 0.484 e. The van der Waals surface area contributed by atoms with Gasteiger partial charge >= 0.3 is 17.8 Å². The first-order valence-electron chi connectivity index (χ1n) is 8.17. The standard InChI is InChI=1S/C14H21N3O3.C2HF3O2/c1-10(2)20-14-8-12(5-6-13(14)17(18)19)16-7-3-4-11(15)9-16;3-2(4,5)1(6)7/h5-6,8,10-11H,3-4,7,9,15H2,1-2H3;(H,6,7)/t11-;/m1./s1. The average Bonchev–Trinajstić information content (AvgIpc) is 2.53. The number of aliphatic carboxylic acids is 1. The van der Waals surface area contributed by atoms with Gasteiger partial charge in [-0.25, -0.2) is 4.79 Å².